The van der Waals surface area contributed by atoms with E-state index in [4.69, 9.17) is 4.74 Å². The van der Waals surface area contributed by atoms with Crippen LogP contribution in [0.1, 0.15) is 40.0 Å². The zero-order valence-electron chi connectivity index (χ0n) is 17.4. The van der Waals surface area contributed by atoms with Gasteiger partial charge in [0.25, 0.3) is 0 Å². The van der Waals surface area contributed by atoms with Gasteiger partial charge >= 0.3 is 0 Å². The molecule has 1 amide bonds. The number of methoxy groups -OCH3 is 1. The van der Waals surface area contributed by atoms with E-state index >= 15 is 0 Å². The molecule has 154 valence electrons. The number of aryl methyl sites for hydroxylation is 1. The van der Waals surface area contributed by atoms with Gasteiger partial charge in [-0.2, -0.15) is 0 Å². The third-order valence-electron chi connectivity index (χ3n) is 4.91. The van der Waals surface area contributed by atoms with Crippen LogP contribution in [0.25, 0.3) is 0 Å². The van der Waals surface area contributed by atoms with Crippen molar-refractivity contribution < 1.29 is 14.3 Å². The third kappa shape index (κ3) is 5.33. The van der Waals surface area contributed by atoms with Crippen LogP contribution in [0.4, 0.5) is 5.69 Å². The molecule has 0 aliphatic rings. The first kappa shape index (κ1) is 21.3. The van der Waals surface area contributed by atoms with Crippen LogP contribution >= 0.6 is 0 Å². The summed E-state index contributed by atoms with van der Waals surface area (Å²) in [6.45, 7) is 3.62. The lowest BCUT2D eigenvalue weighted by molar-refractivity contribution is -0.115. The number of ether oxygens (including phenoxy) is 1. The first-order valence-corrected chi connectivity index (χ1v) is 9.81. The summed E-state index contributed by atoms with van der Waals surface area (Å²) in [7, 11) is 1.63. The Kier molecular flexibility index (Phi) is 6.99. The van der Waals surface area contributed by atoms with Gasteiger partial charge in [-0.3, -0.25) is 14.9 Å². The lowest BCUT2D eigenvalue weighted by Gasteiger charge is -2.20. The number of ketones is 1. The number of Topliss-reactive ketones (excluding diaryl/α,β-unsaturated/α-hetero) is 1. The van der Waals surface area contributed by atoms with Crippen molar-refractivity contribution >= 4 is 17.4 Å². The summed E-state index contributed by atoms with van der Waals surface area (Å²) < 4.78 is 5.25. The maximum absolute atomic E-state index is 12.6. The van der Waals surface area contributed by atoms with Crippen LogP contribution in [0.3, 0.4) is 0 Å². The van der Waals surface area contributed by atoms with Gasteiger partial charge < -0.3 is 10.1 Å². The quantitative estimate of drug-likeness (QED) is 0.544. The Balaban J connectivity index is 1.77. The van der Waals surface area contributed by atoms with Gasteiger partial charge in [-0.05, 0) is 49.2 Å². The number of carbonyl (C=O) groups excluding carboxylic acids is 2. The van der Waals surface area contributed by atoms with Gasteiger partial charge in [0.15, 0.2) is 5.78 Å². The number of hydrogen-bond acceptors (Lipinski definition) is 4. The molecule has 3 aromatic carbocycles. The second kappa shape index (κ2) is 9.85. The van der Waals surface area contributed by atoms with Gasteiger partial charge in [-0.1, -0.05) is 54.1 Å². The molecule has 0 radical (unpaired) electrons. The number of para-hydroxylation sites is 1. The zero-order chi connectivity index (χ0) is 21.5. The Morgan fingerprint density at radius 2 is 1.50 bits per heavy atom. The van der Waals surface area contributed by atoms with Crippen molar-refractivity contribution in [3.8, 4) is 5.75 Å². The van der Waals surface area contributed by atoms with E-state index in [0.29, 0.717) is 11.3 Å². The molecule has 0 spiro atoms. The highest BCUT2D eigenvalue weighted by atomic mass is 16.5. The summed E-state index contributed by atoms with van der Waals surface area (Å²) in [5, 5.41) is 6.18. The fourth-order valence-electron chi connectivity index (χ4n) is 3.27. The number of amides is 1. The molecule has 5 nitrogen and oxygen atoms in total. The van der Waals surface area contributed by atoms with E-state index in [-0.39, 0.29) is 24.3 Å². The Labute approximate surface area is 177 Å². The van der Waals surface area contributed by atoms with Crippen molar-refractivity contribution in [1.29, 1.82) is 0 Å². The number of hydrogen-bond donors (Lipinski definition) is 2. The van der Waals surface area contributed by atoms with Crippen molar-refractivity contribution in [2.45, 2.75) is 19.9 Å². The lowest BCUT2D eigenvalue weighted by atomic mass is 9.97. The Bertz CT molecular complexity index is 1010. The van der Waals surface area contributed by atoms with Crippen molar-refractivity contribution in [2.75, 3.05) is 19.0 Å². The van der Waals surface area contributed by atoms with Gasteiger partial charge in [0.1, 0.15) is 5.75 Å². The fourth-order valence-corrected chi connectivity index (χ4v) is 3.27. The number of carbonyl (C=O) groups is 2. The second-order valence-electron chi connectivity index (χ2n) is 7.15. The fraction of sp³-hybridized carbons (Fsp3) is 0.200. The summed E-state index contributed by atoms with van der Waals surface area (Å²) in [6, 6.07) is 22.8. The largest absolute Gasteiger partial charge is 0.497 e. The smallest absolute Gasteiger partial charge is 0.238 e. The van der Waals surface area contributed by atoms with Crippen LogP contribution in [0.2, 0.25) is 0 Å². The average Bonchev–Trinajstić information content (AvgIpc) is 2.75. The predicted octanol–water partition coefficient (Wildman–Crippen LogP) is 4.52. The van der Waals surface area contributed by atoms with Crippen LogP contribution in [-0.4, -0.2) is 25.3 Å². The summed E-state index contributed by atoms with van der Waals surface area (Å²) >= 11 is 0. The van der Waals surface area contributed by atoms with E-state index in [9.17, 15) is 9.59 Å². The predicted molar refractivity (Wildman–Crippen MR) is 119 cm³/mol. The first-order valence-electron chi connectivity index (χ1n) is 9.81. The summed E-state index contributed by atoms with van der Waals surface area (Å²) in [5.74, 6) is 0.476. The Morgan fingerprint density at radius 3 is 2.10 bits per heavy atom. The van der Waals surface area contributed by atoms with Gasteiger partial charge in [0.05, 0.1) is 25.4 Å². The molecule has 1 unspecified atom stereocenters. The van der Waals surface area contributed by atoms with Crippen molar-refractivity contribution in [3.05, 3.63) is 95.1 Å². The highest BCUT2D eigenvalue weighted by Gasteiger charge is 2.16. The topological polar surface area (TPSA) is 67.4 Å². The van der Waals surface area contributed by atoms with Gasteiger partial charge in [0.2, 0.25) is 5.91 Å². The molecule has 0 aromatic heterocycles. The van der Waals surface area contributed by atoms with Crippen molar-refractivity contribution in [2.24, 2.45) is 0 Å². The molecule has 5 heteroatoms. The third-order valence-corrected chi connectivity index (χ3v) is 4.91. The molecule has 3 aromatic rings. The molecule has 1 atom stereocenters. The molecule has 2 N–H and O–H groups in total. The van der Waals surface area contributed by atoms with Crippen molar-refractivity contribution in [3.63, 3.8) is 0 Å². The highest BCUT2D eigenvalue weighted by Crippen LogP contribution is 2.24. The summed E-state index contributed by atoms with van der Waals surface area (Å²) in [6.07, 6.45) is 0. The SMILES string of the molecule is COc1ccc(C(NCC(=O)Nc2ccccc2C(C)=O)c2ccc(C)cc2)cc1. The molecule has 30 heavy (non-hydrogen) atoms. The van der Waals surface area contributed by atoms with E-state index in [1.807, 2.05) is 31.2 Å². The molecule has 0 heterocycles. The van der Waals surface area contributed by atoms with E-state index < -0.39 is 0 Å². The molecule has 0 saturated carbocycles. The molecular formula is C25H26N2O3. The molecule has 0 aliphatic heterocycles. The average molecular weight is 402 g/mol. The van der Waals surface area contributed by atoms with Crippen molar-refractivity contribution in [1.82, 2.24) is 5.32 Å². The minimum atomic E-state index is -0.214. The molecule has 0 bridgehead atoms. The number of benzene rings is 3. The second-order valence-corrected chi connectivity index (χ2v) is 7.15. The minimum absolute atomic E-state index is 0.0883. The van der Waals surface area contributed by atoms with Gasteiger partial charge in [0, 0.05) is 5.56 Å². The lowest BCUT2D eigenvalue weighted by Crippen LogP contribution is -2.32. The monoisotopic (exact) mass is 402 g/mol. The molecule has 0 saturated heterocycles. The van der Waals surface area contributed by atoms with E-state index in [2.05, 4.69) is 34.9 Å². The minimum Gasteiger partial charge on any atom is -0.497 e. The molecule has 0 fully saturated rings. The summed E-state index contributed by atoms with van der Waals surface area (Å²) in [4.78, 5) is 24.4. The van der Waals surface area contributed by atoms with Gasteiger partial charge in [-0.25, -0.2) is 0 Å². The first-order chi connectivity index (χ1) is 14.5. The summed E-state index contributed by atoms with van der Waals surface area (Å²) in [5.41, 5.74) is 4.27. The molecule has 0 aliphatic carbocycles. The van der Waals surface area contributed by atoms with E-state index in [1.54, 1.807) is 31.4 Å². The number of nitrogens with one attached hydrogen (secondary N) is 2. The van der Waals surface area contributed by atoms with E-state index in [1.165, 1.54) is 12.5 Å². The van der Waals surface area contributed by atoms with Crippen LogP contribution in [-0.2, 0) is 4.79 Å². The maximum Gasteiger partial charge on any atom is 0.238 e. The van der Waals surface area contributed by atoms with Gasteiger partial charge in [-0.15, -0.1) is 0 Å². The standard InChI is InChI=1S/C25H26N2O3/c1-17-8-10-19(11-9-17)25(20-12-14-21(30-3)15-13-20)26-16-24(29)27-23-7-5-4-6-22(23)18(2)28/h4-15,25-26H,16H2,1-3H3,(H,27,29). The zero-order valence-corrected chi connectivity index (χ0v) is 17.4. The molecular weight excluding hydrogens is 376 g/mol. The van der Waals surface area contributed by atoms with Crippen LogP contribution in [0.5, 0.6) is 5.75 Å². The van der Waals surface area contributed by atoms with Crippen LogP contribution in [0, 0.1) is 6.92 Å². The van der Waals surface area contributed by atoms with Crippen LogP contribution < -0.4 is 15.4 Å². The Hall–Kier alpha value is -3.44. The maximum atomic E-state index is 12.6. The number of anilines is 1. The molecule has 3 rings (SSSR count). The Morgan fingerprint density at radius 1 is 0.900 bits per heavy atom. The normalized spacial score (nSPS) is 11.6. The van der Waals surface area contributed by atoms with E-state index in [0.717, 1.165) is 16.9 Å². The van der Waals surface area contributed by atoms with Crippen LogP contribution in [0.15, 0.2) is 72.8 Å². The number of rotatable bonds is 8. The highest BCUT2D eigenvalue weighted by molar-refractivity contribution is 6.04.